The highest BCUT2D eigenvalue weighted by molar-refractivity contribution is 5.38. The first-order valence-electron chi connectivity index (χ1n) is 8.16. The van der Waals surface area contributed by atoms with Crippen molar-refractivity contribution < 1.29 is 9.84 Å². The predicted octanol–water partition coefficient (Wildman–Crippen LogP) is 3.60. The van der Waals surface area contributed by atoms with Crippen LogP contribution < -0.4 is 10.1 Å². The third-order valence-electron chi connectivity index (χ3n) is 4.60. The molecule has 0 aliphatic heterocycles. The zero-order valence-corrected chi connectivity index (χ0v) is 13.6. The molecule has 118 valence electrons. The van der Waals surface area contributed by atoms with Gasteiger partial charge in [-0.1, -0.05) is 31.4 Å². The maximum absolute atomic E-state index is 10.5. The first-order valence-corrected chi connectivity index (χ1v) is 8.16. The quantitative estimate of drug-likeness (QED) is 0.815. The zero-order valence-electron chi connectivity index (χ0n) is 13.6. The lowest BCUT2D eigenvalue weighted by Crippen LogP contribution is -2.32. The minimum atomic E-state index is -0.513. The minimum Gasteiger partial charge on any atom is -0.496 e. The normalized spacial score (nSPS) is 24.4. The van der Waals surface area contributed by atoms with Gasteiger partial charge in [0.2, 0.25) is 0 Å². The Morgan fingerprint density at radius 3 is 2.86 bits per heavy atom. The second-order valence-corrected chi connectivity index (χ2v) is 6.48. The molecule has 21 heavy (non-hydrogen) atoms. The van der Waals surface area contributed by atoms with Crippen LogP contribution in [0, 0.1) is 12.8 Å². The summed E-state index contributed by atoms with van der Waals surface area (Å²) in [6, 6.07) is 6.50. The molecule has 3 heteroatoms. The molecule has 3 nitrogen and oxygen atoms in total. The van der Waals surface area contributed by atoms with Crippen LogP contribution in [0.4, 0.5) is 0 Å². The molecule has 3 atom stereocenters. The number of rotatable bonds is 5. The van der Waals surface area contributed by atoms with Gasteiger partial charge in [0, 0.05) is 18.2 Å². The van der Waals surface area contributed by atoms with E-state index in [0.29, 0.717) is 12.6 Å². The van der Waals surface area contributed by atoms with Crippen molar-refractivity contribution in [2.45, 2.75) is 58.1 Å². The molecule has 0 saturated heterocycles. The van der Waals surface area contributed by atoms with Gasteiger partial charge in [0.05, 0.1) is 13.2 Å². The van der Waals surface area contributed by atoms with Crippen LogP contribution in [0.25, 0.3) is 0 Å². The summed E-state index contributed by atoms with van der Waals surface area (Å²) < 4.78 is 5.36. The van der Waals surface area contributed by atoms with Crippen LogP contribution in [0.5, 0.6) is 5.75 Å². The molecule has 1 aromatic rings. The minimum absolute atomic E-state index is 0.513. The lowest BCUT2D eigenvalue weighted by molar-refractivity contribution is 0.164. The lowest BCUT2D eigenvalue weighted by Gasteiger charge is -2.21. The fraction of sp³-hybridized carbons (Fsp3) is 0.667. The second kappa shape index (κ2) is 7.81. The van der Waals surface area contributed by atoms with Gasteiger partial charge in [0.15, 0.2) is 0 Å². The SMILES string of the molecule is COc1ccc(C)cc1C(O)CNC1CCCC(C)CC1. The summed E-state index contributed by atoms with van der Waals surface area (Å²) in [6.45, 7) is 4.98. The van der Waals surface area contributed by atoms with E-state index >= 15 is 0 Å². The Kier molecular flexibility index (Phi) is 6.07. The van der Waals surface area contributed by atoms with Gasteiger partial charge in [-0.3, -0.25) is 0 Å². The number of aliphatic hydroxyl groups is 1. The van der Waals surface area contributed by atoms with Gasteiger partial charge in [-0.15, -0.1) is 0 Å². The average Bonchev–Trinajstić information content (AvgIpc) is 2.69. The molecule has 3 unspecified atom stereocenters. The van der Waals surface area contributed by atoms with Crippen LogP contribution in [-0.2, 0) is 0 Å². The van der Waals surface area contributed by atoms with Gasteiger partial charge >= 0.3 is 0 Å². The topological polar surface area (TPSA) is 41.5 Å². The molecular weight excluding hydrogens is 262 g/mol. The van der Waals surface area contributed by atoms with Crippen LogP contribution in [0.15, 0.2) is 18.2 Å². The monoisotopic (exact) mass is 291 g/mol. The molecule has 0 heterocycles. The third kappa shape index (κ3) is 4.72. The van der Waals surface area contributed by atoms with Crippen molar-refractivity contribution >= 4 is 0 Å². The number of ether oxygens (including phenoxy) is 1. The average molecular weight is 291 g/mol. The van der Waals surface area contributed by atoms with Crippen LogP contribution in [0.3, 0.4) is 0 Å². The van der Waals surface area contributed by atoms with E-state index in [-0.39, 0.29) is 0 Å². The molecule has 0 amide bonds. The van der Waals surface area contributed by atoms with E-state index in [9.17, 15) is 5.11 Å². The Balaban J connectivity index is 1.92. The van der Waals surface area contributed by atoms with E-state index in [1.54, 1.807) is 7.11 Å². The molecule has 1 aromatic carbocycles. The van der Waals surface area contributed by atoms with Gasteiger partial charge in [-0.25, -0.2) is 0 Å². The summed E-state index contributed by atoms with van der Waals surface area (Å²) in [5.41, 5.74) is 2.03. The van der Waals surface area contributed by atoms with Crippen LogP contribution in [0.1, 0.15) is 56.3 Å². The Labute approximate surface area is 128 Å². The number of aryl methyl sites for hydroxylation is 1. The lowest BCUT2D eigenvalue weighted by atomic mass is 10.0. The number of hydrogen-bond acceptors (Lipinski definition) is 3. The van der Waals surface area contributed by atoms with Crippen LogP contribution in [0.2, 0.25) is 0 Å². The smallest absolute Gasteiger partial charge is 0.124 e. The summed E-state index contributed by atoms with van der Waals surface area (Å²) in [5.74, 6) is 1.61. The van der Waals surface area contributed by atoms with Gasteiger partial charge in [0.25, 0.3) is 0 Å². The highest BCUT2D eigenvalue weighted by Crippen LogP contribution is 2.27. The molecule has 0 radical (unpaired) electrons. The van der Waals surface area contributed by atoms with Crippen LogP contribution in [-0.4, -0.2) is 24.8 Å². The third-order valence-corrected chi connectivity index (χ3v) is 4.60. The Hall–Kier alpha value is -1.06. The van der Waals surface area contributed by atoms with E-state index in [2.05, 4.69) is 12.2 Å². The first-order chi connectivity index (χ1) is 10.1. The largest absolute Gasteiger partial charge is 0.496 e. The molecule has 2 N–H and O–H groups in total. The van der Waals surface area contributed by atoms with E-state index < -0.39 is 6.10 Å². The highest BCUT2D eigenvalue weighted by Gasteiger charge is 2.18. The van der Waals surface area contributed by atoms with Gasteiger partial charge < -0.3 is 15.2 Å². The first kappa shape index (κ1) is 16.3. The predicted molar refractivity (Wildman–Crippen MR) is 86.7 cm³/mol. The molecule has 1 saturated carbocycles. The van der Waals surface area contributed by atoms with Crippen molar-refractivity contribution in [2.24, 2.45) is 5.92 Å². The molecular formula is C18H29NO2. The molecule has 2 rings (SSSR count). The molecule has 0 aromatic heterocycles. The molecule has 1 aliphatic rings. The highest BCUT2D eigenvalue weighted by atomic mass is 16.5. The van der Waals surface area contributed by atoms with Crippen molar-refractivity contribution in [3.05, 3.63) is 29.3 Å². The number of benzene rings is 1. The van der Waals surface area contributed by atoms with Gasteiger partial charge in [-0.05, 0) is 44.2 Å². The number of hydrogen-bond donors (Lipinski definition) is 2. The van der Waals surface area contributed by atoms with Crippen LogP contribution >= 0.6 is 0 Å². The number of methoxy groups -OCH3 is 1. The summed E-state index contributed by atoms with van der Waals surface area (Å²) in [5, 5.41) is 14.0. The molecule has 1 fully saturated rings. The van der Waals surface area contributed by atoms with Gasteiger partial charge in [-0.2, -0.15) is 0 Å². The van der Waals surface area contributed by atoms with Crippen molar-refractivity contribution in [1.82, 2.24) is 5.32 Å². The van der Waals surface area contributed by atoms with Crippen molar-refractivity contribution in [3.8, 4) is 5.75 Å². The van der Waals surface area contributed by atoms with E-state index in [1.165, 1.54) is 32.1 Å². The zero-order chi connectivity index (χ0) is 15.2. The maximum atomic E-state index is 10.5. The summed E-state index contributed by atoms with van der Waals surface area (Å²) in [6.07, 6.45) is 5.86. The van der Waals surface area contributed by atoms with Crippen molar-refractivity contribution in [2.75, 3.05) is 13.7 Å². The number of aliphatic hydroxyl groups excluding tert-OH is 1. The standard InChI is InChI=1S/C18H29NO2/c1-13-5-4-6-15(9-7-13)19-12-17(20)16-11-14(2)8-10-18(16)21-3/h8,10-11,13,15,17,19-20H,4-7,9,12H2,1-3H3. The maximum Gasteiger partial charge on any atom is 0.124 e. The van der Waals surface area contributed by atoms with E-state index in [0.717, 1.165) is 22.8 Å². The Morgan fingerprint density at radius 2 is 2.10 bits per heavy atom. The number of nitrogens with one attached hydrogen (secondary N) is 1. The fourth-order valence-electron chi connectivity index (χ4n) is 3.19. The van der Waals surface area contributed by atoms with Crippen molar-refractivity contribution in [1.29, 1.82) is 0 Å². The summed E-state index contributed by atoms with van der Waals surface area (Å²) >= 11 is 0. The molecule has 0 spiro atoms. The van der Waals surface area contributed by atoms with Gasteiger partial charge in [0.1, 0.15) is 5.75 Å². The van der Waals surface area contributed by atoms with E-state index in [4.69, 9.17) is 4.74 Å². The summed E-state index contributed by atoms with van der Waals surface area (Å²) in [7, 11) is 1.65. The summed E-state index contributed by atoms with van der Waals surface area (Å²) in [4.78, 5) is 0. The second-order valence-electron chi connectivity index (χ2n) is 6.48. The molecule has 1 aliphatic carbocycles. The fourth-order valence-corrected chi connectivity index (χ4v) is 3.19. The molecule has 0 bridgehead atoms. The van der Waals surface area contributed by atoms with E-state index in [1.807, 2.05) is 25.1 Å². The Morgan fingerprint density at radius 1 is 1.29 bits per heavy atom. The Bertz CT molecular complexity index is 447. The van der Waals surface area contributed by atoms with Crippen molar-refractivity contribution in [3.63, 3.8) is 0 Å².